The summed E-state index contributed by atoms with van der Waals surface area (Å²) in [6.07, 6.45) is -3.07. The van der Waals surface area contributed by atoms with Crippen molar-refractivity contribution in [1.82, 2.24) is 9.97 Å². The Morgan fingerprint density at radius 1 is 1.37 bits per heavy atom. The normalized spacial score (nSPS) is 11.5. The summed E-state index contributed by atoms with van der Waals surface area (Å²) in [6.45, 7) is 2.98. The molecule has 0 N–H and O–H groups in total. The molecule has 0 saturated carbocycles. The number of hydrogen-bond acceptors (Lipinski definition) is 4. The van der Waals surface area contributed by atoms with Gasteiger partial charge in [0.1, 0.15) is 18.7 Å². The molecule has 8 heteroatoms. The minimum absolute atomic E-state index is 0.197. The van der Waals surface area contributed by atoms with E-state index in [4.69, 9.17) is 4.74 Å². The van der Waals surface area contributed by atoms with Crippen molar-refractivity contribution in [3.63, 3.8) is 0 Å². The molecule has 0 atom stereocenters. The second-order valence-corrected chi connectivity index (χ2v) is 4.58. The maximum absolute atomic E-state index is 12.6. The van der Waals surface area contributed by atoms with Crippen LogP contribution in [0.3, 0.4) is 0 Å². The van der Waals surface area contributed by atoms with Gasteiger partial charge in [0.25, 0.3) is 0 Å². The lowest BCUT2D eigenvalue weighted by atomic mass is 10.3. The van der Waals surface area contributed by atoms with Crippen molar-refractivity contribution in [3.05, 3.63) is 11.9 Å². The highest BCUT2D eigenvalue weighted by atomic mass is 79.9. The molecule has 0 unspecified atom stereocenters. The first-order valence-corrected chi connectivity index (χ1v) is 6.83. The zero-order valence-electron chi connectivity index (χ0n) is 10.7. The summed E-state index contributed by atoms with van der Waals surface area (Å²) in [5, 5.41) is 0.413. The SMILES string of the molecule is CCOc1ncnc(N(CCBr)CC(F)(F)F)c1C. The maximum atomic E-state index is 12.6. The third kappa shape index (κ3) is 4.85. The minimum atomic E-state index is -4.29. The molecule has 0 amide bonds. The van der Waals surface area contributed by atoms with Crippen LogP contribution in [-0.2, 0) is 0 Å². The Morgan fingerprint density at radius 3 is 2.58 bits per heavy atom. The van der Waals surface area contributed by atoms with Gasteiger partial charge in [-0.25, -0.2) is 9.97 Å². The van der Waals surface area contributed by atoms with Gasteiger partial charge in [-0.2, -0.15) is 13.2 Å². The van der Waals surface area contributed by atoms with Gasteiger partial charge in [-0.15, -0.1) is 0 Å². The molecule has 0 saturated heterocycles. The van der Waals surface area contributed by atoms with E-state index in [0.29, 0.717) is 23.4 Å². The van der Waals surface area contributed by atoms with Gasteiger partial charge >= 0.3 is 6.18 Å². The average Bonchev–Trinajstić information content (AvgIpc) is 2.30. The Bertz CT molecular complexity index is 415. The largest absolute Gasteiger partial charge is 0.478 e. The van der Waals surface area contributed by atoms with E-state index in [1.807, 2.05) is 0 Å². The molecule has 0 bridgehead atoms. The standard InChI is InChI=1S/C11H15BrF3N3O/c1-3-19-10-8(2)9(16-7-17-10)18(5-4-12)6-11(13,14)15/h7H,3-6H2,1-2H3. The fourth-order valence-corrected chi connectivity index (χ4v) is 2.03. The molecule has 19 heavy (non-hydrogen) atoms. The van der Waals surface area contributed by atoms with E-state index in [9.17, 15) is 13.2 Å². The molecule has 0 aliphatic carbocycles. The van der Waals surface area contributed by atoms with Gasteiger partial charge in [-0.1, -0.05) is 15.9 Å². The van der Waals surface area contributed by atoms with Crippen molar-refractivity contribution in [1.29, 1.82) is 0 Å². The number of anilines is 1. The fourth-order valence-electron chi connectivity index (χ4n) is 1.60. The highest BCUT2D eigenvalue weighted by Gasteiger charge is 2.32. The number of aromatic nitrogens is 2. The highest BCUT2D eigenvalue weighted by Crippen LogP contribution is 2.27. The lowest BCUT2D eigenvalue weighted by Gasteiger charge is -2.25. The summed E-state index contributed by atoms with van der Waals surface area (Å²) in [4.78, 5) is 9.01. The first kappa shape index (κ1) is 16.0. The zero-order valence-corrected chi connectivity index (χ0v) is 12.3. The Hall–Kier alpha value is -1.05. The Balaban J connectivity index is 3.05. The average molecular weight is 342 g/mol. The molecule has 1 rings (SSSR count). The van der Waals surface area contributed by atoms with Crippen LogP contribution in [0.1, 0.15) is 12.5 Å². The lowest BCUT2D eigenvalue weighted by Crippen LogP contribution is -2.36. The van der Waals surface area contributed by atoms with Crippen molar-refractivity contribution in [2.75, 3.05) is 29.9 Å². The first-order valence-electron chi connectivity index (χ1n) is 5.71. The molecule has 0 fully saturated rings. The van der Waals surface area contributed by atoms with Gasteiger partial charge in [0.2, 0.25) is 5.88 Å². The van der Waals surface area contributed by atoms with Gasteiger partial charge in [0.15, 0.2) is 0 Å². The molecule has 0 aromatic carbocycles. The molecule has 1 aromatic heterocycles. The number of nitrogens with zero attached hydrogens (tertiary/aromatic N) is 3. The molecule has 0 radical (unpaired) electrons. The minimum Gasteiger partial charge on any atom is -0.478 e. The van der Waals surface area contributed by atoms with E-state index in [1.165, 1.54) is 6.33 Å². The molecule has 0 aliphatic heterocycles. The van der Waals surface area contributed by atoms with E-state index in [0.717, 1.165) is 4.90 Å². The quantitative estimate of drug-likeness (QED) is 0.745. The number of ether oxygens (including phenoxy) is 1. The van der Waals surface area contributed by atoms with Crippen LogP contribution < -0.4 is 9.64 Å². The second kappa shape index (κ2) is 6.93. The molecule has 1 heterocycles. The zero-order chi connectivity index (χ0) is 14.5. The van der Waals surface area contributed by atoms with Crippen LogP contribution >= 0.6 is 15.9 Å². The van der Waals surface area contributed by atoms with Gasteiger partial charge in [-0.05, 0) is 13.8 Å². The number of rotatable bonds is 6. The van der Waals surface area contributed by atoms with Gasteiger partial charge in [-0.3, -0.25) is 0 Å². The molecule has 0 spiro atoms. The van der Waals surface area contributed by atoms with Gasteiger partial charge in [0, 0.05) is 11.9 Å². The van der Waals surface area contributed by atoms with Crippen LogP contribution in [0, 0.1) is 6.92 Å². The summed E-state index contributed by atoms with van der Waals surface area (Å²) < 4.78 is 43.0. The Labute approximate surface area is 118 Å². The fraction of sp³-hybridized carbons (Fsp3) is 0.636. The summed E-state index contributed by atoms with van der Waals surface area (Å²) in [5.74, 6) is 0.560. The summed E-state index contributed by atoms with van der Waals surface area (Å²) in [5.41, 5.74) is 0.509. The summed E-state index contributed by atoms with van der Waals surface area (Å²) >= 11 is 3.15. The van der Waals surface area contributed by atoms with E-state index in [2.05, 4.69) is 25.9 Å². The third-order valence-electron chi connectivity index (χ3n) is 2.32. The smallest absolute Gasteiger partial charge is 0.405 e. The molecule has 1 aromatic rings. The predicted molar refractivity (Wildman–Crippen MR) is 70.0 cm³/mol. The van der Waals surface area contributed by atoms with Crippen molar-refractivity contribution < 1.29 is 17.9 Å². The second-order valence-electron chi connectivity index (χ2n) is 3.79. The predicted octanol–water partition coefficient (Wildman–Crippen LogP) is 2.95. The lowest BCUT2D eigenvalue weighted by molar-refractivity contribution is -0.119. The first-order chi connectivity index (χ1) is 8.89. The van der Waals surface area contributed by atoms with Crippen molar-refractivity contribution in [3.8, 4) is 5.88 Å². The maximum Gasteiger partial charge on any atom is 0.405 e. The van der Waals surface area contributed by atoms with Crippen molar-refractivity contribution >= 4 is 21.7 Å². The molecule has 0 aliphatic rings. The molecular formula is C11H15BrF3N3O. The molecule has 4 nitrogen and oxygen atoms in total. The van der Waals surface area contributed by atoms with Crippen molar-refractivity contribution in [2.45, 2.75) is 20.0 Å². The molecule has 108 valence electrons. The van der Waals surface area contributed by atoms with E-state index in [1.54, 1.807) is 13.8 Å². The van der Waals surface area contributed by atoms with Crippen LogP contribution in [0.4, 0.5) is 19.0 Å². The van der Waals surface area contributed by atoms with Gasteiger partial charge in [0.05, 0.1) is 12.2 Å². The number of hydrogen-bond donors (Lipinski definition) is 0. The Morgan fingerprint density at radius 2 is 2.05 bits per heavy atom. The van der Waals surface area contributed by atoms with Crippen LogP contribution in [0.5, 0.6) is 5.88 Å². The van der Waals surface area contributed by atoms with Crippen molar-refractivity contribution in [2.24, 2.45) is 0 Å². The third-order valence-corrected chi connectivity index (χ3v) is 2.67. The Kier molecular flexibility index (Phi) is 5.84. The van der Waals surface area contributed by atoms with Crippen LogP contribution in [0.25, 0.3) is 0 Å². The number of halogens is 4. The summed E-state index contributed by atoms with van der Waals surface area (Å²) in [7, 11) is 0. The summed E-state index contributed by atoms with van der Waals surface area (Å²) in [6, 6.07) is 0. The van der Waals surface area contributed by atoms with E-state index >= 15 is 0 Å². The van der Waals surface area contributed by atoms with Crippen LogP contribution in [-0.4, -0.2) is 41.2 Å². The topological polar surface area (TPSA) is 38.3 Å². The molecular weight excluding hydrogens is 327 g/mol. The van der Waals surface area contributed by atoms with Crippen LogP contribution in [0.15, 0.2) is 6.33 Å². The van der Waals surface area contributed by atoms with E-state index < -0.39 is 12.7 Å². The van der Waals surface area contributed by atoms with E-state index in [-0.39, 0.29) is 12.4 Å². The van der Waals surface area contributed by atoms with Crippen LogP contribution in [0.2, 0.25) is 0 Å². The highest BCUT2D eigenvalue weighted by molar-refractivity contribution is 9.09. The number of alkyl halides is 4. The van der Waals surface area contributed by atoms with Gasteiger partial charge < -0.3 is 9.64 Å². The monoisotopic (exact) mass is 341 g/mol.